The fraction of sp³-hybridized carbons (Fsp3) is 0.333. The Hall–Kier alpha value is -1.72. The molecule has 5 heteroatoms. The Morgan fingerprint density at radius 1 is 1.12 bits per heavy atom. The number of rotatable bonds is 4. The van der Waals surface area contributed by atoms with Crippen molar-refractivity contribution < 1.29 is 14.4 Å². The summed E-state index contributed by atoms with van der Waals surface area (Å²) in [6, 6.07) is 6.85. The average Bonchev–Trinajstić information content (AvgIpc) is 2.54. The lowest BCUT2D eigenvalue weighted by Crippen LogP contribution is -2.34. The molecular formula is C12H14N2O3. The molecule has 90 valence electrons. The van der Waals surface area contributed by atoms with Crippen LogP contribution in [0.15, 0.2) is 24.3 Å². The Labute approximate surface area is 99.5 Å². The highest BCUT2D eigenvalue weighted by Crippen LogP contribution is 2.21. The zero-order chi connectivity index (χ0) is 12.4. The summed E-state index contributed by atoms with van der Waals surface area (Å²) in [5.74, 6) is -0.485. The van der Waals surface area contributed by atoms with Gasteiger partial charge in [0.1, 0.15) is 0 Å². The van der Waals surface area contributed by atoms with Crippen molar-refractivity contribution in [1.82, 2.24) is 9.96 Å². The first kappa shape index (κ1) is 11.8. The van der Waals surface area contributed by atoms with Crippen LogP contribution >= 0.6 is 0 Å². The number of benzene rings is 1. The maximum atomic E-state index is 11.9. The van der Waals surface area contributed by atoms with Gasteiger partial charge in [-0.25, -0.2) is 0 Å². The van der Waals surface area contributed by atoms with Crippen molar-refractivity contribution in [2.45, 2.75) is 0 Å². The van der Waals surface area contributed by atoms with E-state index in [2.05, 4.69) is 0 Å². The lowest BCUT2D eigenvalue weighted by atomic mass is 10.1. The predicted molar refractivity (Wildman–Crippen MR) is 61.4 cm³/mol. The molecule has 0 aliphatic carbocycles. The van der Waals surface area contributed by atoms with Gasteiger partial charge < -0.3 is 0 Å². The van der Waals surface area contributed by atoms with Crippen LogP contribution in [0.1, 0.15) is 20.7 Å². The molecule has 1 aromatic rings. The fourth-order valence-corrected chi connectivity index (χ4v) is 1.76. The molecule has 5 nitrogen and oxygen atoms in total. The van der Waals surface area contributed by atoms with Crippen LogP contribution in [-0.2, 0) is 4.84 Å². The molecule has 2 rings (SSSR count). The van der Waals surface area contributed by atoms with Crippen LogP contribution in [0.2, 0.25) is 0 Å². The van der Waals surface area contributed by atoms with Gasteiger partial charge in [0.05, 0.1) is 24.3 Å². The molecule has 0 bridgehead atoms. The van der Waals surface area contributed by atoms with Crippen LogP contribution in [-0.4, -0.2) is 49.0 Å². The smallest absolute Gasteiger partial charge is 0.261 e. The van der Waals surface area contributed by atoms with E-state index < -0.39 is 0 Å². The van der Waals surface area contributed by atoms with Crippen LogP contribution < -0.4 is 0 Å². The van der Waals surface area contributed by atoms with Crippen molar-refractivity contribution in [1.29, 1.82) is 0 Å². The molecule has 0 saturated carbocycles. The number of imide groups is 1. The first-order valence-electron chi connectivity index (χ1n) is 5.36. The number of carbonyl (C=O) groups is 2. The second kappa shape index (κ2) is 4.65. The van der Waals surface area contributed by atoms with Crippen molar-refractivity contribution in [2.75, 3.05) is 27.2 Å². The molecule has 0 unspecified atom stereocenters. The summed E-state index contributed by atoms with van der Waals surface area (Å²) in [6.45, 7) is 0.572. The lowest BCUT2D eigenvalue weighted by molar-refractivity contribution is -0.120. The third kappa shape index (κ3) is 2.20. The third-order valence-electron chi connectivity index (χ3n) is 2.54. The molecule has 1 aliphatic rings. The van der Waals surface area contributed by atoms with E-state index in [4.69, 9.17) is 4.84 Å². The summed E-state index contributed by atoms with van der Waals surface area (Å²) >= 11 is 0. The normalized spacial score (nSPS) is 14.6. The Morgan fingerprint density at radius 3 is 2.12 bits per heavy atom. The summed E-state index contributed by atoms with van der Waals surface area (Å²) in [7, 11) is 3.50. The second-order valence-electron chi connectivity index (χ2n) is 3.95. The number of carbonyl (C=O) groups excluding carboxylic acids is 2. The van der Waals surface area contributed by atoms with Crippen molar-refractivity contribution in [3.8, 4) is 0 Å². The van der Waals surface area contributed by atoms with Gasteiger partial charge in [-0.15, -0.1) is 0 Å². The molecule has 17 heavy (non-hydrogen) atoms. The maximum absolute atomic E-state index is 11.9. The van der Waals surface area contributed by atoms with Gasteiger partial charge in [0.15, 0.2) is 0 Å². The number of hydroxylamine groups is 2. The molecule has 0 spiro atoms. The monoisotopic (exact) mass is 234 g/mol. The van der Waals surface area contributed by atoms with Gasteiger partial charge in [-0.3, -0.25) is 19.3 Å². The zero-order valence-electron chi connectivity index (χ0n) is 9.84. The van der Waals surface area contributed by atoms with E-state index in [9.17, 15) is 9.59 Å². The molecule has 2 amide bonds. The van der Waals surface area contributed by atoms with Gasteiger partial charge in [-0.05, 0) is 12.1 Å². The summed E-state index contributed by atoms with van der Waals surface area (Å²) in [6.07, 6.45) is 0. The molecule has 0 radical (unpaired) electrons. The van der Waals surface area contributed by atoms with Gasteiger partial charge in [0.2, 0.25) is 0 Å². The largest absolute Gasteiger partial charge is 0.298 e. The van der Waals surface area contributed by atoms with Crippen LogP contribution in [0.4, 0.5) is 0 Å². The summed E-state index contributed by atoms with van der Waals surface area (Å²) in [4.78, 5) is 30.2. The predicted octanol–water partition coefficient (Wildman–Crippen LogP) is 0.776. The molecule has 0 saturated heterocycles. The third-order valence-corrected chi connectivity index (χ3v) is 2.54. The standard InChI is InChI=1S/C12H14N2O3/c1-13(2)17-8-7-14-11(15)9-5-3-4-6-10(9)12(14)16/h3-6H,7-8H2,1-2H3. The number of nitrogens with zero attached hydrogens (tertiary/aromatic N) is 2. The van der Waals surface area contributed by atoms with Gasteiger partial charge >= 0.3 is 0 Å². The number of hydrogen-bond donors (Lipinski definition) is 0. The van der Waals surface area contributed by atoms with Crippen molar-refractivity contribution in [3.05, 3.63) is 35.4 Å². The summed E-state index contributed by atoms with van der Waals surface area (Å²) < 4.78 is 0. The second-order valence-corrected chi connectivity index (χ2v) is 3.95. The molecule has 1 aliphatic heterocycles. The fourth-order valence-electron chi connectivity index (χ4n) is 1.76. The Balaban J connectivity index is 2.08. The highest BCUT2D eigenvalue weighted by atomic mass is 16.7. The molecule has 1 heterocycles. The number of hydrogen-bond acceptors (Lipinski definition) is 4. The first-order valence-corrected chi connectivity index (χ1v) is 5.36. The molecular weight excluding hydrogens is 220 g/mol. The van der Waals surface area contributed by atoms with Crippen LogP contribution in [0.5, 0.6) is 0 Å². The van der Waals surface area contributed by atoms with Gasteiger partial charge in [0, 0.05) is 14.1 Å². The Bertz CT molecular complexity index is 422. The van der Waals surface area contributed by atoms with Crippen LogP contribution in [0.3, 0.4) is 0 Å². The summed E-state index contributed by atoms with van der Waals surface area (Å²) in [5, 5.41) is 1.54. The highest BCUT2D eigenvalue weighted by molar-refractivity contribution is 6.21. The maximum Gasteiger partial charge on any atom is 0.261 e. The van der Waals surface area contributed by atoms with Crippen molar-refractivity contribution in [2.24, 2.45) is 0 Å². The number of fused-ring (bicyclic) bond motifs is 1. The van der Waals surface area contributed by atoms with E-state index in [1.54, 1.807) is 38.4 Å². The van der Waals surface area contributed by atoms with Crippen LogP contribution in [0.25, 0.3) is 0 Å². The Kier molecular flexibility index (Phi) is 3.21. The molecule has 0 aromatic heterocycles. The molecule has 0 fully saturated rings. The van der Waals surface area contributed by atoms with Gasteiger partial charge in [0.25, 0.3) is 11.8 Å². The first-order chi connectivity index (χ1) is 8.11. The zero-order valence-corrected chi connectivity index (χ0v) is 9.84. The average molecular weight is 234 g/mol. The minimum Gasteiger partial charge on any atom is -0.298 e. The molecule has 0 atom stereocenters. The van der Waals surface area contributed by atoms with E-state index in [-0.39, 0.29) is 18.4 Å². The quantitative estimate of drug-likeness (QED) is 0.570. The van der Waals surface area contributed by atoms with E-state index in [0.717, 1.165) is 0 Å². The van der Waals surface area contributed by atoms with E-state index in [0.29, 0.717) is 17.7 Å². The van der Waals surface area contributed by atoms with E-state index in [1.165, 1.54) is 9.96 Å². The van der Waals surface area contributed by atoms with Gasteiger partial charge in [-0.2, -0.15) is 5.06 Å². The SMILES string of the molecule is CN(C)OCCN1C(=O)c2ccccc2C1=O. The Morgan fingerprint density at radius 2 is 1.65 bits per heavy atom. The van der Waals surface area contributed by atoms with Crippen LogP contribution in [0, 0.1) is 0 Å². The van der Waals surface area contributed by atoms with E-state index >= 15 is 0 Å². The lowest BCUT2D eigenvalue weighted by Gasteiger charge is -2.15. The minimum absolute atomic E-state index is 0.243. The van der Waals surface area contributed by atoms with Crippen molar-refractivity contribution >= 4 is 11.8 Å². The summed E-state index contributed by atoms with van der Waals surface area (Å²) in [5.41, 5.74) is 0.949. The van der Waals surface area contributed by atoms with Gasteiger partial charge in [-0.1, -0.05) is 12.1 Å². The minimum atomic E-state index is -0.243. The molecule has 0 N–H and O–H groups in total. The topological polar surface area (TPSA) is 49.9 Å². The molecule has 1 aromatic carbocycles. The highest BCUT2D eigenvalue weighted by Gasteiger charge is 2.34. The van der Waals surface area contributed by atoms with Crippen molar-refractivity contribution in [3.63, 3.8) is 0 Å². The number of amides is 2. The van der Waals surface area contributed by atoms with E-state index in [1.807, 2.05) is 0 Å².